The topological polar surface area (TPSA) is 74.8 Å². The summed E-state index contributed by atoms with van der Waals surface area (Å²) < 4.78 is 5.18. The molecule has 0 bridgehead atoms. The normalized spacial score (nSPS) is 17.0. The number of rotatable bonds is 2. The molecule has 8 heteroatoms. The van der Waals surface area contributed by atoms with Crippen LogP contribution in [0, 0.1) is 0 Å². The molecule has 124 valence electrons. The molecule has 0 spiro atoms. The summed E-state index contributed by atoms with van der Waals surface area (Å²) >= 11 is 2.84. The van der Waals surface area contributed by atoms with E-state index in [9.17, 15) is 4.79 Å². The van der Waals surface area contributed by atoms with Crippen LogP contribution in [0.25, 0.3) is 10.2 Å². The number of nitrogens with zero attached hydrogens (tertiary/aromatic N) is 4. The van der Waals surface area contributed by atoms with Gasteiger partial charge in [0.1, 0.15) is 15.9 Å². The lowest BCUT2D eigenvalue weighted by Gasteiger charge is -2.33. The van der Waals surface area contributed by atoms with Gasteiger partial charge in [0.2, 0.25) is 0 Å². The summed E-state index contributed by atoms with van der Waals surface area (Å²) in [4.78, 5) is 28.0. The van der Waals surface area contributed by atoms with E-state index in [2.05, 4.69) is 20.4 Å². The summed E-state index contributed by atoms with van der Waals surface area (Å²) in [6.45, 7) is 0.631. The number of amides is 1. The Bertz CT molecular complexity index is 1020. The number of aromatic nitrogens is 4. The van der Waals surface area contributed by atoms with Crippen LogP contribution in [0.2, 0.25) is 0 Å². The van der Waals surface area contributed by atoms with Gasteiger partial charge in [-0.2, -0.15) is 0 Å². The van der Waals surface area contributed by atoms with Gasteiger partial charge in [-0.05, 0) is 29.7 Å². The number of hydrogen-bond donors (Lipinski definition) is 1. The van der Waals surface area contributed by atoms with Gasteiger partial charge in [0.05, 0.1) is 22.2 Å². The van der Waals surface area contributed by atoms with Crippen molar-refractivity contribution in [1.82, 2.24) is 24.2 Å². The maximum Gasteiger partial charge on any atom is 0.266 e. The highest BCUT2D eigenvalue weighted by Gasteiger charge is 2.36. The minimum atomic E-state index is -0.262. The molecule has 25 heavy (non-hydrogen) atoms. The number of hydrogen-bond acceptors (Lipinski definition) is 6. The van der Waals surface area contributed by atoms with Crippen LogP contribution in [0.15, 0.2) is 42.9 Å². The van der Waals surface area contributed by atoms with Gasteiger partial charge in [-0.1, -0.05) is 12.1 Å². The zero-order chi connectivity index (χ0) is 16.8. The van der Waals surface area contributed by atoms with Gasteiger partial charge in [0.15, 0.2) is 0 Å². The van der Waals surface area contributed by atoms with Crippen molar-refractivity contribution >= 4 is 39.0 Å². The first-order valence-electron chi connectivity index (χ1n) is 7.90. The van der Waals surface area contributed by atoms with E-state index in [0.29, 0.717) is 11.4 Å². The number of para-hydroxylation sites is 1. The fraction of sp³-hybridized carbons (Fsp3) is 0.176. The van der Waals surface area contributed by atoms with Gasteiger partial charge in [-0.3, -0.25) is 4.79 Å². The maximum atomic E-state index is 13.0. The number of carbonyl (C=O) groups is 1. The van der Waals surface area contributed by atoms with E-state index < -0.39 is 0 Å². The highest BCUT2D eigenvalue weighted by Crippen LogP contribution is 2.38. The molecule has 4 heterocycles. The van der Waals surface area contributed by atoms with Gasteiger partial charge >= 0.3 is 0 Å². The monoisotopic (exact) mass is 367 g/mol. The van der Waals surface area contributed by atoms with E-state index in [1.54, 1.807) is 29.9 Å². The van der Waals surface area contributed by atoms with E-state index in [1.165, 1.54) is 11.5 Å². The van der Waals surface area contributed by atoms with Crippen molar-refractivity contribution < 1.29 is 4.79 Å². The predicted molar refractivity (Wildman–Crippen MR) is 96.9 cm³/mol. The van der Waals surface area contributed by atoms with E-state index in [4.69, 9.17) is 4.98 Å². The van der Waals surface area contributed by atoms with E-state index in [-0.39, 0.29) is 11.9 Å². The molecule has 1 aliphatic rings. The van der Waals surface area contributed by atoms with Gasteiger partial charge in [0.25, 0.3) is 5.91 Å². The number of carbonyl (C=O) groups excluding carboxylic acids is 1. The lowest BCUT2D eigenvalue weighted by molar-refractivity contribution is 0.0695. The molecule has 1 N–H and O–H groups in total. The highest BCUT2D eigenvalue weighted by molar-refractivity contribution is 7.18. The number of fused-ring (bicyclic) bond motifs is 2. The van der Waals surface area contributed by atoms with Gasteiger partial charge in [-0.25, -0.2) is 14.3 Å². The quantitative estimate of drug-likeness (QED) is 0.590. The zero-order valence-corrected chi connectivity index (χ0v) is 14.7. The second-order valence-corrected chi connectivity index (χ2v) is 7.71. The smallest absolute Gasteiger partial charge is 0.266 e. The number of benzene rings is 1. The average Bonchev–Trinajstić information content (AvgIpc) is 3.39. The third-order valence-corrected chi connectivity index (χ3v) is 6.20. The third kappa shape index (κ3) is 2.37. The molecule has 0 fully saturated rings. The molecular formula is C17H13N5OS2. The van der Waals surface area contributed by atoms with E-state index >= 15 is 0 Å². The van der Waals surface area contributed by atoms with Crippen LogP contribution >= 0.6 is 22.9 Å². The highest BCUT2D eigenvalue weighted by atomic mass is 32.1. The summed E-state index contributed by atoms with van der Waals surface area (Å²) in [5.41, 5.74) is 2.93. The second-order valence-electron chi connectivity index (χ2n) is 5.81. The van der Waals surface area contributed by atoms with Crippen LogP contribution in [-0.2, 0) is 6.42 Å². The van der Waals surface area contributed by atoms with Crippen LogP contribution in [0.5, 0.6) is 0 Å². The number of thiazole rings is 1. The third-order valence-electron chi connectivity index (χ3n) is 4.38. The summed E-state index contributed by atoms with van der Waals surface area (Å²) in [7, 11) is 0. The largest absolute Gasteiger partial charge is 0.348 e. The molecule has 1 amide bonds. The van der Waals surface area contributed by atoms with Crippen molar-refractivity contribution in [2.45, 2.75) is 12.5 Å². The fourth-order valence-electron chi connectivity index (χ4n) is 3.22. The van der Waals surface area contributed by atoms with Gasteiger partial charge < -0.3 is 9.88 Å². The van der Waals surface area contributed by atoms with Gasteiger partial charge in [-0.15, -0.1) is 11.3 Å². The first-order valence-corrected chi connectivity index (χ1v) is 9.49. The Morgan fingerprint density at radius 2 is 2.20 bits per heavy atom. The van der Waals surface area contributed by atoms with Crippen molar-refractivity contribution in [3.63, 3.8) is 0 Å². The number of nitrogens with one attached hydrogen (secondary N) is 1. The fourth-order valence-corrected chi connectivity index (χ4v) is 4.86. The Morgan fingerprint density at radius 3 is 3.04 bits per heavy atom. The molecule has 6 nitrogen and oxygen atoms in total. The van der Waals surface area contributed by atoms with E-state index in [0.717, 1.165) is 33.0 Å². The molecule has 0 radical (unpaired) electrons. The molecular weight excluding hydrogens is 354 g/mol. The summed E-state index contributed by atoms with van der Waals surface area (Å²) in [5.74, 6) is -0.0135. The number of aromatic amines is 1. The Labute approximate surface area is 151 Å². The first-order chi connectivity index (χ1) is 12.3. The number of imidazole rings is 1. The SMILES string of the molecule is O=C(c1ccns1)N1CCc2[nH]cnc2[C@H]1c1nc2ccccc2s1. The minimum absolute atomic E-state index is 0.0135. The molecule has 0 saturated carbocycles. The summed E-state index contributed by atoms with van der Waals surface area (Å²) in [6, 6.07) is 9.54. The average molecular weight is 367 g/mol. The lowest BCUT2D eigenvalue weighted by atomic mass is 10.0. The zero-order valence-electron chi connectivity index (χ0n) is 13.0. The molecule has 0 aliphatic carbocycles. The molecule has 0 unspecified atom stereocenters. The van der Waals surface area contributed by atoms with Gasteiger partial charge in [0, 0.05) is 24.9 Å². The van der Waals surface area contributed by atoms with Crippen LogP contribution in [-0.4, -0.2) is 36.7 Å². The minimum Gasteiger partial charge on any atom is -0.348 e. The standard InChI is InChI=1S/C17H13N5OS2/c23-17(13-5-7-20-25-13)22-8-6-11-14(19-9-18-11)15(22)16-21-10-3-1-2-4-12(10)24-16/h1-5,7,9,15H,6,8H2,(H,18,19)/t15-/m0/s1. The summed E-state index contributed by atoms with van der Waals surface area (Å²) in [5, 5.41) is 0.895. The van der Waals surface area contributed by atoms with Crippen LogP contribution in [0.1, 0.15) is 32.1 Å². The molecule has 3 aromatic heterocycles. The molecule has 1 atom stereocenters. The van der Waals surface area contributed by atoms with Crippen molar-refractivity contribution in [2.24, 2.45) is 0 Å². The lowest BCUT2D eigenvalue weighted by Crippen LogP contribution is -2.40. The molecule has 1 aliphatic heterocycles. The molecule has 5 rings (SSSR count). The van der Waals surface area contributed by atoms with Crippen molar-refractivity contribution in [3.05, 3.63) is 64.1 Å². The summed E-state index contributed by atoms with van der Waals surface area (Å²) in [6.07, 6.45) is 4.13. The Morgan fingerprint density at radius 1 is 1.28 bits per heavy atom. The van der Waals surface area contributed by atoms with Crippen LogP contribution < -0.4 is 0 Å². The maximum absolute atomic E-state index is 13.0. The van der Waals surface area contributed by atoms with Crippen LogP contribution in [0.3, 0.4) is 0 Å². The molecule has 4 aromatic rings. The first kappa shape index (κ1) is 14.7. The predicted octanol–water partition coefficient (Wildman–Crippen LogP) is 3.26. The Hall–Kier alpha value is -2.58. The Balaban J connectivity index is 1.64. The van der Waals surface area contributed by atoms with Crippen molar-refractivity contribution in [1.29, 1.82) is 0 Å². The van der Waals surface area contributed by atoms with Crippen LogP contribution in [0.4, 0.5) is 0 Å². The van der Waals surface area contributed by atoms with Crippen molar-refractivity contribution in [3.8, 4) is 0 Å². The number of H-pyrrole nitrogens is 1. The molecule has 1 aromatic carbocycles. The van der Waals surface area contributed by atoms with Crippen molar-refractivity contribution in [2.75, 3.05) is 6.54 Å². The molecule has 0 saturated heterocycles. The van der Waals surface area contributed by atoms with E-state index in [1.807, 2.05) is 23.1 Å². The second kappa shape index (κ2) is 5.75. The Kier molecular flexibility index (Phi) is 3.39.